The van der Waals surface area contributed by atoms with E-state index in [1.54, 1.807) is 26.0 Å². The Labute approximate surface area is 193 Å². The number of esters is 2. The number of amides is 4. The van der Waals surface area contributed by atoms with Crippen molar-refractivity contribution < 1.29 is 33.4 Å². The standard InChI is InChI=1S/C21H24N4O7S/c1-4-31-20(29)15-11(2)16(17(27)23-3)33-18(15)25-14(26)10-32-19(28)13-7-5-12(6-8-13)9-24-21(22)30/h5-8H,4,9-10H2,1-3H3,(H,23,27)(H,25,26)(H3,22,24,30). The molecule has 2 rings (SSSR count). The molecule has 2 aromatic rings. The predicted octanol–water partition coefficient (Wildman–Crippen LogP) is 1.56. The van der Waals surface area contributed by atoms with Crippen LogP contribution in [-0.4, -0.2) is 50.0 Å². The number of nitrogens with one attached hydrogen (secondary N) is 3. The maximum Gasteiger partial charge on any atom is 0.341 e. The van der Waals surface area contributed by atoms with Crippen LogP contribution in [0.4, 0.5) is 9.80 Å². The normalized spacial score (nSPS) is 10.2. The van der Waals surface area contributed by atoms with E-state index in [-0.39, 0.29) is 34.2 Å². The molecule has 0 aliphatic heterocycles. The lowest BCUT2D eigenvalue weighted by molar-refractivity contribution is -0.119. The third-order valence-corrected chi connectivity index (χ3v) is 5.51. The molecule has 0 radical (unpaired) electrons. The van der Waals surface area contributed by atoms with Gasteiger partial charge in [-0.15, -0.1) is 11.3 Å². The van der Waals surface area contributed by atoms with Crippen molar-refractivity contribution in [1.29, 1.82) is 0 Å². The van der Waals surface area contributed by atoms with Gasteiger partial charge >= 0.3 is 18.0 Å². The second-order valence-corrected chi connectivity index (χ2v) is 7.62. The Hall–Kier alpha value is -3.93. The number of ether oxygens (including phenoxy) is 2. The van der Waals surface area contributed by atoms with Gasteiger partial charge in [-0.2, -0.15) is 0 Å². The number of carbonyl (C=O) groups excluding carboxylic acids is 5. The van der Waals surface area contributed by atoms with Crippen LogP contribution >= 0.6 is 11.3 Å². The molecule has 0 aliphatic rings. The van der Waals surface area contributed by atoms with Crippen LogP contribution < -0.4 is 21.7 Å². The minimum Gasteiger partial charge on any atom is -0.462 e. The second-order valence-electron chi connectivity index (χ2n) is 6.60. The first kappa shape index (κ1) is 25.3. The van der Waals surface area contributed by atoms with Gasteiger partial charge in [0, 0.05) is 13.6 Å². The first-order chi connectivity index (χ1) is 15.7. The highest BCUT2D eigenvalue weighted by Gasteiger charge is 2.26. The number of benzene rings is 1. The summed E-state index contributed by atoms with van der Waals surface area (Å²) in [5, 5.41) is 7.52. The molecule has 1 heterocycles. The Balaban J connectivity index is 2.05. The topological polar surface area (TPSA) is 166 Å². The highest BCUT2D eigenvalue weighted by molar-refractivity contribution is 7.18. The van der Waals surface area contributed by atoms with Crippen molar-refractivity contribution in [2.24, 2.45) is 5.73 Å². The molecule has 0 spiro atoms. The molecule has 4 amide bonds. The molecule has 0 atom stereocenters. The van der Waals surface area contributed by atoms with Crippen LogP contribution in [-0.2, 0) is 20.8 Å². The monoisotopic (exact) mass is 476 g/mol. The van der Waals surface area contributed by atoms with E-state index in [1.165, 1.54) is 19.2 Å². The largest absolute Gasteiger partial charge is 0.462 e. The third-order valence-electron chi connectivity index (χ3n) is 4.30. The number of hydrogen-bond donors (Lipinski definition) is 4. The molecule has 176 valence electrons. The Bertz CT molecular complexity index is 1060. The number of hydrogen-bond acceptors (Lipinski definition) is 8. The van der Waals surface area contributed by atoms with E-state index in [2.05, 4.69) is 16.0 Å². The molecule has 0 saturated carbocycles. The third kappa shape index (κ3) is 6.77. The molecule has 0 aliphatic carbocycles. The van der Waals surface area contributed by atoms with Crippen LogP contribution in [0.3, 0.4) is 0 Å². The van der Waals surface area contributed by atoms with Crippen LogP contribution in [0.5, 0.6) is 0 Å². The Morgan fingerprint density at radius 3 is 2.27 bits per heavy atom. The number of urea groups is 1. The molecular formula is C21H24N4O7S. The first-order valence-electron chi connectivity index (χ1n) is 9.79. The van der Waals surface area contributed by atoms with Gasteiger partial charge in [0.25, 0.3) is 11.8 Å². The number of thiophene rings is 1. The fraction of sp³-hybridized carbons (Fsp3) is 0.286. The second kappa shape index (κ2) is 11.6. The lowest BCUT2D eigenvalue weighted by Gasteiger charge is -2.08. The molecule has 0 bridgehead atoms. The summed E-state index contributed by atoms with van der Waals surface area (Å²) in [6.45, 7) is 2.92. The molecule has 12 heteroatoms. The summed E-state index contributed by atoms with van der Waals surface area (Å²) in [5.74, 6) is -2.52. The van der Waals surface area contributed by atoms with Crippen LogP contribution in [0.15, 0.2) is 24.3 Å². The number of primary amides is 1. The van der Waals surface area contributed by atoms with Crippen LogP contribution in [0.25, 0.3) is 0 Å². The minimum atomic E-state index is -0.737. The van der Waals surface area contributed by atoms with Crippen molar-refractivity contribution >= 4 is 46.1 Å². The van der Waals surface area contributed by atoms with Gasteiger partial charge in [-0.05, 0) is 37.1 Å². The van der Waals surface area contributed by atoms with Crippen LogP contribution in [0, 0.1) is 6.92 Å². The van der Waals surface area contributed by atoms with Gasteiger partial charge in [0.1, 0.15) is 5.00 Å². The molecule has 1 aromatic carbocycles. The van der Waals surface area contributed by atoms with E-state index in [0.29, 0.717) is 5.56 Å². The quantitative estimate of drug-likeness (QED) is 0.399. The summed E-state index contributed by atoms with van der Waals surface area (Å²) in [4.78, 5) is 60.0. The van der Waals surface area contributed by atoms with E-state index < -0.39 is 36.4 Å². The van der Waals surface area contributed by atoms with Gasteiger partial charge in [-0.25, -0.2) is 14.4 Å². The van der Waals surface area contributed by atoms with E-state index >= 15 is 0 Å². The smallest absolute Gasteiger partial charge is 0.341 e. The Morgan fingerprint density at radius 1 is 1.03 bits per heavy atom. The molecule has 1 aromatic heterocycles. The van der Waals surface area contributed by atoms with Crippen molar-refractivity contribution in [1.82, 2.24) is 10.6 Å². The highest BCUT2D eigenvalue weighted by Crippen LogP contribution is 2.33. The summed E-state index contributed by atoms with van der Waals surface area (Å²) in [5.41, 5.74) is 6.37. The number of carbonyl (C=O) groups is 5. The van der Waals surface area contributed by atoms with Gasteiger partial charge < -0.3 is 31.2 Å². The summed E-state index contributed by atoms with van der Waals surface area (Å²) in [6, 6.07) is 5.50. The number of rotatable bonds is 9. The molecule has 11 nitrogen and oxygen atoms in total. The van der Waals surface area contributed by atoms with Gasteiger partial charge in [0.05, 0.1) is 22.6 Å². The van der Waals surface area contributed by atoms with Gasteiger partial charge in [0.2, 0.25) is 0 Å². The average Bonchev–Trinajstić information content (AvgIpc) is 3.11. The molecule has 0 saturated heterocycles. The summed E-state index contributed by atoms with van der Waals surface area (Å²) >= 11 is 0.916. The predicted molar refractivity (Wildman–Crippen MR) is 120 cm³/mol. The van der Waals surface area contributed by atoms with Crippen molar-refractivity contribution in [2.45, 2.75) is 20.4 Å². The lowest BCUT2D eigenvalue weighted by Crippen LogP contribution is -2.28. The summed E-state index contributed by atoms with van der Waals surface area (Å²) in [6.07, 6.45) is 0. The first-order valence-corrected chi connectivity index (χ1v) is 10.6. The van der Waals surface area contributed by atoms with E-state index in [9.17, 15) is 24.0 Å². The fourth-order valence-corrected chi connectivity index (χ4v) is 3.86. The van der Waals surface area contributed by atoms with Crippen LogP contribution in [0.2, 0.25) is 0 Å². The zero-order valence-corrected chi connectivity index (χ0v) is 19.1. The van der Waals surface area contributed by atoms with Crippen molar-refractivity contribution in [3.05, 3.63) is 51.4 Å². The lowest BCUT2D eigenvalue weighted by atomic mass is 10.1. The minimum absolute atomic E-state index is 0.0697. The Morgan fingerprint density at radius 2 is 1.70 bits per heavy atom. The van der Waals surface area contributed by atoms with E-state index in [1.807, 2.05) is 0 Å². The van der Waals surface area contributed by atoms with Crippen molar-refractivity contribution in [3.8, 4) is 0 Å². The maximum atomic E-state index is 12.4. The zero-order valence-electron chi connectivity index (χ0n) is 18.3. The van der Waals surface area contributed by atoms with E-state index in [0.717, 1.165) is 16.9 Å². The van der Waals surface area contributed by atoms with Gasteiger partial charge in [-0.3, -0.25) is 9.59 Å². The summed E-state index contributed by atoms with van der Waals surface area (Å²) in [7, 11) is 1.45. The van der Waals surface area contributed by atoms with E-state index in [4.69, 9.17) is 15.2 Å². The SMILES string of the molecule is CCOC(=O)c1c(NC(=O)COC(=O)c2ccc(CNC(N)=O)cc2)sc(C(=O)NC)c1C. The molecular weight excluding hydrogens is 452 g/mol. The summed E-state index contributed by atoms with van der Waals surface area (Å²) < 4.78 is 10.0. The molecule has 0 fully saturated rings. The fourth-order valence-electron chi connectivity index (χ4n) is 2.71. The number of nitrogens with two attached hydrogens (primary N) is 1. The average molecular weight is 477 g/mol. The van der Waals surface area contributed by atoms with Crippen molar-refractivity contribution in [2.75, 3.05) is 25.6 Å². The molecule has 33 heavy (non-hydrogen) atoms. The zero-order chi connectivity index (χ0) is 24.5. The van der Waals surface area contributed by atoms with Crippen molar-refractivity contribution in [3.63, 3.8) is 0 Å². The van der Waals surface area contributed by atoms with Gasteiger partial charge in [-0.1, -0.05) is 12.1 Å². The van der Waals surface area contributed by atoms with Gasteiger partial charge in [0.15, 0.2) is 6.61 Å². The Kier molecular flexibility index (Phi) is 8.92. The molecule has 5 N–H and O–H groups in total. The van der Waals surface area contributed by atoms with Crippen LogP contribution in [0.1, 0.15) is 48.4 Å². The molecule has 0 unspecified atom stereocenters. The number of anilines is 1. The maximum absolute atomic E-state index is 12.4. The highest BCUT2D eigenvalue weighted by atomic mass is 32.1.